The van der Waals surface area contributed by atoms with Gasteiger partial charge in [0.2, 0.25) is 0 Å². The Morgan fingerprint density at radius 3 is 2.88 bits per heavy atom. The molecule has 0 aromatic carbocycles. The molecule has 4 nitrogen and oxygen atoms in total. The molecular weight excluding hydrogens is 238 g/mol. The van der Waals surface area contributed by atoms with E-state index in [0.29, 0.717) is 22.6 Å². The summed E-state index contributed by atoms with van der Waals surface area (Å²) in [6, 6.07) is 3.76. The predicted octanol–water partition coefficient (Wildman–Crippen LogP) is 2.40. The number of aromatic nitrogens is 1. The van der Waals surface area contributed by atoms with E-state index in [1.807, 2.05) is 14.0 Å². The van der Waals surface area contributed by atoms with Crippen molar-refractivity contribution >= 4 is 23.3 Å². The molecule has 0 aliphatic heterocycles. The molecule has 0 bridgehead atoms. The molecule has 1 heterocycles. The van der Waals surface area contributed by atoms with Gasteiger partial charge in [-0.1, -0.05) is 11.6 Å². The summed E-state index contributed by atoms with van der Waals surface area (Å²) in [5.74, 6) is 0.656. The third-order valence-electron chi connectivity index (χ3n) is 2.81. The number of hydrogen-bond acceptors (Lipinski definition) is 3. The number of carbonyl (C=O) groups excluding carboxylic acids is 1. The number of halogens is 1. The second-order valence-corrected chi connectivity index (χ2v) is 4.63. The van der Waals surface area contributed by atoms with Crippen molar-refractivity contribution in [3.8, 4) is 0 Å². The van der Waals surface area contributed by atoms with Crippen LogP contribution >= 0.6 is 11.6 Å². The van der Waals surface area contributed by atoms with Crippen molar-refractivity contribution < 1.29 is 4.79 Å². The minimum atomic E-state index is 0.0101. The van der Waals surface area contributed by atoms with Crippen LogP contribution in [0.15, 0.2) is 12.1 Å². The van der Waals surface area contributed by atoms with E-state index in [1.54, 1.807) is 17.0 Å². The molecule has 1 aliphatic carbocycles. The Morgan fingerprint density at radius 2 is 2.29 bits per heavy atom. The van der Waals surface area contributed by atoms with Crippen molar-refractivity contribution in [2.75, 3.05) is 18.9 Å². The zero-order valence-corrected chi connectivity index (χ0v) is 10.8. The first-order valence-corrected chi connectivity index (χ1v) is 6.18. The average molecular weight is 254 g/mol. The number of nitrogens with one attached hydrogen (secondary N) is 1. The van der Waals surface area contributed by atoms with E-state index < -0.39 is 0 Å². The van der Waals surface area contributed by atoms with Crippen LogP contribution in [0.5, 0.6) is 0 Å². The Hall–Kier alpha value is -1.29. The van der Waals surface area contributed by atoms with Gasteiger partial charge in [0.05, 0.1) is 0 Å². The number of carbonyl (C=O) groups is 1. The van der Waals surface area contributed by atoms with Gasteiger partial charge in [-0.3, -0.25) is 4.79 Å². The Kier molecular flexibility index (Phi) is 3.52. The number of anilines is 1. The molecule has 0 unspecified atom stereocenters. The third kappa shape index (κ3) is 2.88. The maximum Gasteiger partial charge on any atom is 0.254 e. The monoisotopic (exact) mass is 253 g/mol. The molecule has 1 fully saturated rings. The lowest BCUT2D eigenvalue weighted by Crippen LogP contribution is -2.28. The van der Waals surface area contributed by atoms with Crippen LogP contribution in [0.4, 0.5) is 5.82 Å². The summed E-state index contributed by atoms with van der Waals surface area (Å²) in [4.78, 5) is 18.0. The molecule has 1 aromatic heterocycles. The Labute approximate surface area is 106 Å². The van der Waals surface area contributed by atoms with Gasteiger partial charge in [-0.25, -0.2) is 4.98 Å². The van der Waals surface area contributed by atoms with Gasteiger partial charge >= 0.3 is 0 Å². The SMILES string of the molecule is CCNc1cc(C(=O)N(C)C2CC2)cc(Cl)n1. The zero-order chi connectivity index (χ0) is 12.4. The first-order valence-electron chi connectivity index (χ1n) is 5.80. The van der Waals surface area contributed by atoms with Crippen molar-refractivity contribution in [3.63, 3.8) is 0 Å². The fraction of sp³-hybridized carbons (Fsp3) is 0.500. The van der Waals surface area contributed by atoms with Crippen molar-refractivity contribution in [1.82, 2.24) is 9.88 Å². The Balaban J connectivity index is 2.21. The number of pyridine rings is 1. The van der Waals surface area contributed by atoms with E-state index in [0.717, 1.165) is 19.4 Å². The summed E-state index contributed by atoms with van der Waals surface area (Å²) < 4.78 is 0. The van der Waals surface area contributed by atoms with E-state index >= 15 is 0 Å². The molecule has 17 heavy (non-hydrogen) atoms. The fourth-order valence-corrected chi connectivity index (χ4v) is 1.93. The maximum atomic E-state index is 12.1. The van der Waals surface area contributed by atoms with Gasteiger partial charge in [-0.2, -0.15) is 0 Å². The fourth-order valence-electron chi connectivity index (χ4n) is 1.72. The van der Waals surface area contributed by atoms with E-state index in [1.165, 1.54) is 0 Å². The Morgan fingerprint density at radius 1 is 1.59 bits per heavy atom. The number of hydrogen-bond donors (Lipinski definition) is 1. The smallest absolute Gasteiger partial charge is 0.254 e. The summed E-state index contributed by atoms with van der Waals surface area (Å²) in [7, 11) is 1.83. The average Bonchev–Trinajstić information content (AvgIpc) is 3.10. The summed E-state index contributed by atoms with van der Waals surface area (Å²) in [5, 5.41) is 3.40. The van der Waals surface area contributed by atoms with E-state index in [9.17, 15) is 4.79 Å². The second-order valence-electron chi connectivity index (χ2n) is 4.24. The third-order valence-corrected chi connectivity index (χ3v) is 3.01. The lowest BCUT2D eigenvalue weighted by Gasteiger charge is -2.16. The molecular formula is C12H16ClN3O. The molecule has 0 atom stereocenters. The normalized spacial score (nSPS) is 14.5. The van der Waals surface area contributed by atoms with Gasteiger partial charge in [0.1, 0.15) is 11.0 Å². The molecule has 2 rings (SSSR count). The lowest BCUT2D eigenvalue weighted by atomic mass is 10.2. The van der Waals surface area contributed by atoms with Gasteiger partial charge in [-0.15, -0.1) is 0 Å². The largest absolute Gasteiger partial charge is 0.370 e. The summed E-state index contributed by atoms with van der Waals surface area (Å²) in [5.41, 5.74) is 0.593. The van der Waals surface area contributed by atoms with Crippen molar-refractivity contribution in [2.45, 2.75) is 25.8 Å². The minimum absolute atomic E-state index is 0.0101. The van der Waals surface area contributed by atoms with Crippen LogP contribution in [0.25, 0.3) is 0 Å². The van der Waals surface area contributed by atoms with E-state index in [2.05, 4.69) is 10.3 Å². The highest BCUT2D eigenvalue weighted by atomic mass is 35.5. The number of nitrogens with zero attached hydrogens (tertiary/aromatic N) is 2. The van der Waals surface area contributed by atoms with Crippen LogP contribution in [-0.4, -0.2) is 35.4 Å². The maximum absolute atomic E-state index is 12.1. The highest BCUT2D eigenvalue weighted by Crippen LogP contribution is 2.27. The highest BCUT2D eigenvalue weighted by Gasteiger charge is 2.30. The van der Waals surface area contributed by atoms with Crippen LogP contribution in [0.2, 0.25) is 5.15 Å². The van der Waals surface area contributed by atoms with Crippen LogP contribution < -0.4 is 5.32 Å². The van der Waals surface area contributed by atoms with Crippen molar-refractivity contribution in [2.24, 2.45) is 0 Å². The first-order chi connectivity index (χ1) is 8.11. The number of rotatable bonds is 4. The Bertz CT molecular complexity index is 432. The molecule has 1 aromatic rings. The molecule has 0 saturated heterocycles. The van der Waals surface area contributed by atoms with Gasteiger partial charge in [0.25, 0.3) is 5.91 Å². The summed E-state index contributed by atoms with van der Waals surface area (Å²) in [6.45, 7) is 2.72. The van der Waals surface area contributed by atoms with E-state index in [4.69, 9.17) is 11.6 Å². The lowest BCUT2D eigenvalue weighted by molar-refractivity contribution is 0.0785. The highest BCUT2D eigenvalue weighted by molar-refractivity contribution is 6.29. The second kappa shape index (κ2) is 4.92. The number of amides is 1. The quantitative estimate of drug-likeness (QED) is 0.838. The predicted molar refractivity (Wildman–Crippen MR) is 68.5 cm³/mol. The molecule has 0 radical (unpaired) electrons. The van der Waals surface area contributed by atoms with Gasteiger partial charge in [0.15, 0.2) is 0 Å². The molecule has 0 spiro atoms. The first kappa shape index (κ1) is 12.2. The van der Waals surface area contributed by atoms with Crippen molar-refractivity contribution in [1.29, 1.82) is 0 Å². The summed E-state index contributed by atoms with van der Waals surface area (Å²) in [6.07, 6.45) is 2.20. The van der Waals surface area contributed by atoms with Gasteiger partial charge < -0.3 is 10.2 Å². The molecule has 1 saturated carbocycles. The van der Waals surface area contributed by atoms with Gasteiger partial charge in [0, 0.05) is 25.2 Å². The van der Waals surface area contributed by atoms with Gasteiger partial charge in [-0.05, 0) is 31.9 Å². The standard InChI is InChI=1S/C12H16ClN3O/c1-3-14-11-7-8(6-10(13)15-11)12(17)16(2)9-4-5-9/h6-7,9H,3-5H2,1-2H3,(H,14,15). The topological polar surface area (TPSA) is 45.2 Å². The van der Waals surface area contributed by atoms with E-state index in [-0.39, 0.29) is 5.91 Å². The van der Waals surface area contributed by atoms with Crippen LogP contribution in [0, 0.1) is 0 Å². The molecule has 92 valence electrons. The van der Waals surface area contributed by atoms with Crippen LogP contribution in [0.3, 0.4) is 0 Å². The minimum Gasteiger partial charge on any atom is -0.370 e. The molecule has 1 aliphatic rings. The van der Waals surface area contributed by atoms with Crippen molar-refractivity contribution in [3.05, 3.63) is 22.8 Å². The van der Waals surface area contributed by atoms with Crippen LogP contribution in [0.1, 0.15) is 30.1 Å². The van der Waals surface area contributed by atoms with Crippen LogP contribution in [-0.2, 0) is 0 Å². The molecule has 5 heteroatoms. The molecule has 1 amide bonds. The molecule has 1 N–H and O–H groups in total. The zero-order valence-electron chi connectivity index (χ0n) is 10.0. The summed E-state index contributed by atoms with van der Waals surface area (Å²) >= 11 is 5.91.